The zero-order chi connectivity index (χ0) is 24.4. The Labute approximate surface area is 207 Å². The van der Waals surface area contributed by atoms with Crippen molar-refractivity contribution in [3.63, 3.8) is 0 Å². The molecule has 2 aliphatic rings. The van der Waals surface area contributed by atoms with Gasteiger partial charge in [-0.1, -0.05) is 6.07 Å². The summed E-state index contributed by atoms with van der Waals surface area (Å²) in [5.41, 5.74) is 5.55. The fourth-order valence-corrected chi connectivity index (χ4v) is 5.32. The van der Waals surface area contributed by atoms with E-state index >= 15 is 0 Å². The molecule has 0 bridgehead atoms. The van der Waals surface area contributed by atoms with E-state index in [1.54, 1.807) is 4.90 Å². The van der Waals surface area contributed by atoms with E-state index in [9.17, 15) is 4.79 Å². The molecule has 35 heavy (non-hydrogen) atoms. The highest BCUT2D eigenvalue weighted by Gasteiger charge is 2.25. The topological polar surface area (TPSA) is 66.2 Å². The molecule has 8 heteroatoms. The minimum atomic E-state index is -0.225. The van der Waals surface area contributed by atoms with Crippen molar-refractivity contribution in [1.82, 2.24) is 24.4 Å². The number of rotatable bonds is 5. The van der Waals surface area contributed by atoms with E-state index < -0.39 is 0 Å². The molecule has 8 nitrogen and oxygen atoms in total. The van der Waals surface area contributed by atoms with E-state index in [4.69, 9.17) is 9.72 Å². The molecule has 0 aliphatic carbocycles. The third-order valence-corrected chi connectivity index (χ3v) is 7.37. The summed E-state index contributed by atoms with van der Waals surface area (Å²) in [5, 5.41) is 4.54. The molecule has 2 fully saturated rings. The van der Waals surface area contributed by atoms with Crippen LogP contribution in [0.15, 0.2) is 42.9 Å². The van der Waals surface area contributed by atoms with Crippen LogP contribution < -0.4 is 4.90 Å². The Hall–Kier alpha value is -3.13. The van der Waals surface area contributed by atoms with Crippen molar-refractivity contribution in [2.75, 3.05) is 50.8 Å². The standard InChI is InChI=1S/C27H36N6O2/c1-4-35-27(34)31-14-12-30(13-15-31)25-9-10-29-33-19-23(16-26(25)33)24-8-7-21(17-28-24)22-6-5-11-32(18-22)20(2)3/h7-10,16-17,19-20,22H,4-6,11-15,18H2,1-3H3/t22-/m0/s1. The lowest BCUT2D eigenvalue weighted by atomic mass is 9.91. The Morgan fingerprint density at radius 2 is 1.97 bits per heavy atom. The average Bonchev–Trinajstić information content (AvgIpc) is 3.34. The highest BCUT2D eigenvalue weighted by Crippen LogP contribution is 2.31. The average molecular weight is 477 g/mol. The monoisotopic (exact) mass is 476 g/mol. The number of amides is 1. The van der Waals surface area contributed by atoms with Crippen molar-refractivity contribution >= 4 is 17.3 Å². The van der Waals surface area contributed by atoms with Gasteiger partial charge in [-0.05, 0) is 69.8 Å². The Balaban J connectivity index is 1.32. The van der Waals surface area contributed by atoms with Gasteiger partial charge in [0, 0.05) is 62.9 Å². The van der Waals surface area contributed by atoms with Gasteiger partial charge in [-0.3, -0.25) is 4.98 Å². The molecule has 5 rings (SSSR count). The summed E-state index contributed by atoms with van der Waals surface area (Å²) in [5.74, 6) is 0.558. The van der Waals surface area contributed by atoms with Gasteiger partial charge >= 0.3 is 6.09 Å². The molecule has 0 aromatic carbocycles. The van der Waals surface area contributed by atoms with Crippen LogP contribution in [-0.4, -0.2) is 82.4 Å². The van der Waals surface area contributed by atoms with Crippen LogP contribution in [0.5, 0.6) is 0 Å². The number of anilines is 1. The Bertz CT molecular complexity index is 1150. The Kier molecular flexibility index (Phi) is 6.90. The van der Waals surface area contributed by atoms with Crippen LogP contribution in [0.1, 0.15) is 45.1 Å². The van der Waals surface area contributed by atoms with Crippen molar-refractivity contribution in [2.24, 2.45) is 0 Å². The van der Waals surface area contributed by atoms with Crippen molar-refractivity contribution in [3.05, 3.63) is 48.4 Å². The molecular weight excluding hydrogens is 440 g/mol. The molecule has 1 atom stereocenters. The van der Waals surface area contributed by atoms with Crippen molar-refractivity contribution in [1.29, 1.82) is 0 Å². The largest absolute Gasteiger partial charge is 0.450 e. The normalized spacial score (nSPS) is 19.5. The second-order valence-electron chi connectivity index (χ2n) is 9.85. The maximum Gasteiger partial charge on any atom is 0.409 e. The highest BCUT2D eigenvalue weighted by molar-refractivity contribution is 5.79. The molecule has 2 saturated heterocycles. The van der Waals surface area contributed by atoms with Gasteiger partial charge in [-0.15, -0.1) is 0 Å². The molecule has 0 N–H and O–H groups in total. The Morgan fingerprint density at radius 1 is 1.14 bits per heavy atom. The predicted octanol–water partition coefficient (Wildman–Crippen LogP) is 4.26. The number of likely N-dealkylation sites (tertiary alicyclic amines) is 1. The quantitative estimate of drug-likeness (QED) is 0.548. The van der Waals surface area contributed by atoms with Crippen LogP contribution in [0.2, 0.25) is 0 Å². The summed E-state index contributed by atoms with van der Waals surface area (Å²) in [7, 11) is 0. The summed E-state index contributed by atoms with van der Waals surface area (Å²) in [6.07, 6.45) is 8.21. The van der Waals surface area contributed by atoms with Crippen molar-refractivity contribution < 1.29 is 9.53 Å². The summed E-state index contributed by atoms with van der Waals surface area (Å²) in [6.45, 7) is 12.0. The predicted molar refractivity (Wildman–Crippen MR) is 138 cm³/mol. The Morgan fingerprint density at radius 3 is 2.69 bits per heavy atom. The number of piperidine rings is 1. The molecule has 0 saturated carbocycles. The second kappa shape index (κ2) is 10.2. The molecule has 186 valence electrons. The molecule has 1 amide bonds. The van der Waals surface area contributed by atoms with Gasteiger partial charge in [-0.2, -0.15) is 5.10 Å². The van der Waals surface area contributed by atoms with E-state index in [1.807, 2.05) is 17.6 Å². The van der Waals surface area contributed by atoms with E-state index in [1.165, 1.54) is 24.9 Å². The van der Waals surface area contributed by atoms with Gasteiger partial charge < -0.3 is 19.4 Å². The number of carbonyl (C=O) groups is 1. The number of ether oxygens (including phenoxy) is 1. The van der Waals surface area contributed by atoms with Crippen LogP contribution >= 0.6 is 0 Å². The summed E-state index contributed by atoms with van der Waals surface area (Å²) < 4.78 is 7.08. The van der Waals surface area contributed by atoms with Gasteiger partial charge in [0.05, 0.1) is 23.5 Å². The van der Waals surface area contributed by atoms with Crippen molar-refractivity contribution in [3.8, 4) is 11.3 Å². The van der Waals surface area contributed by atoms with E-state index in [0.717, 1.165) is 42.1 Å². The number of carbonyl (C=O) groups excluding carboxylic acids is 1. The SMILES string of the molecule is CCOC(=O)N1CCN(c2ccnn3cc(-c4ccc([C@H]5CCCN(C(C)C)C5)cn4)cc23)CC1. The summed E-state index contributed by atoms with van der Waals surface area (Å²) in [6, 6.07) is 9.22. The zero-order valence-electron chi connectivity index (χ0n) is 21.1. The summed E-state index contributed by atoms with van der Waals surface area (Å²) >= 11 is 0. The van der Waals surface area contributed by atoms with Crippen LogP contribution in [0, 0.1) is 0 Å². The van der Waals surface area contributed by atoms with Crippen LogP contribution in [0.3, 0.4) is 0 Å². The minimum Gasteiger partial charge on any atom is -0.450 e. The number of pyridine rings is 1. The van der Waals surface area contributed by atoms with E-state index in [0.29, 0.717) is 31.7 Å². The number of hydrogen-bond acceptors (Lipinski definition) is 6. The zero-order valence-corrected chi connectivity index (χ0v) is 21.1. The van der Waals surface area contributed by atoms with Gasteiger partial charge in [0.15, 0.2) is 0 Å². The van der Waals surface area contributed by atoms with Gasteiger partial charge in [0.2, 0.25) is 0 Å². The first-order valence-corrected chi connectivity index (χ1v) is 12.9. The minimum absolute atomic E-state index is 0.225. The number of piperazine rings is 1. The van der Waals surface area contributed by atoms with E-state index in [2.05, 4.69) is 65.4 Å². The second-order valence-corrected chi connectivity index (χ2v) is 9.85. The van der Waals surface area contributed by atoms with Gasteiger partial charge in [-0.25, -0.2) is 9.31 Å². The molecule has 3 aromatic heterocycles. The maximum atomic E-state index is 12.0. The number of fused-ring (bicyclic) bond motifs is 1. The third kappa shape index (κ3) is 4.98. The molecule has 0 unspecified atom stereocenters. The third-order valence-electron chi connectivity index (χ3n) is 7.37. The van der Waals surface area contributed by atoms with Crippen LogP contribution in [0.4, 0.5) is 10.5 Å². The summed E-state index contributed by atoms with van der Waals surface area (Å²) in [4.78, 5) is 23.6. The molecule has 3 aromatic rings. The molecule has 0 radical (unpaired) electrons. The first-order valence-electron chi connectivity index (χ1n) is 12.9. The maximum absolute atomic E-state index is 12.0. The number of nitrogens with zero attached hydrogens (tertiary/aromatic N) is 6. The number of aromatic nitrogens is 3. The first-order chi connectivity index (χ1) is 17.0. The molecule has 0 spiro atoms. The van der Waals surface area contributed by atoms with Crippen LogP contribution in [-0.2, 0) is 4.74 Å². The first kappa shape index (κ1) is 23.6. The smallest absolute Gasteiger partial charge is 0.409 e. The molecular formula is C27H36N6O2. The highest BCUT2D eigenvalue weighted by atomic mass is 16.6. The lowest BCUT2D eigenvalue weighted by Crippen LogP contribution is -2.49. The van der Waals surface area contributed by atoms with Crippen LogP contribution in [0.25, 0.3) is 16.8 Å². The lowest BCUT2D eigenvalue weighted by molar-refractivity contribution is 0.105. The fourth-order valence-electron chi connectivity index (χ4n) is 5.32. The fraction of sp³-hybridized carbons (Fsp3) is 0.519. The number of hydrogen-bond donors (Lipinski definition) is 0. The molecule has 5 heterocycles. The lowest BCUT2D eigenvalue weighted by Gasteiger charge is -2.35. The van der Waals surface area contributed by atoms with Gasteiger partial charge in [0.1, 0.15) is 0 Å². The van der Waals surface area contributed by atoms with E-state index in [-0.39, 0.29) is 6.09 Å². The molecule has 2 aliphatic heterocycles. The van der Waals surface area contributed by atoms with Gasteiger partial charge in [0.25, 0.3) is 0 Å². The van der Waals surface area contributed by atoms with Crippen molar-refractivity contribution in [2.45, 2.75) is 45.6 Å².